The average Bonchev–Trinajstić information content (AvgIpc) is 2.83. The van der Waals surface area contributed by atoms with E-state index >= 15 is 0 Å². The Morgan fingerprint density at radius 1 is 0.471 bits per heavy atom. The van der Waals surface area contributed by atoms with Gasteiger partial charge >= 0.3 is 21.1 Å². The first-order valence-corrected chi connectivity index (χ1v) is 18.6. The van der Waals surface area contributed by atoms with E-state index in [4.69, 9.17) is 0 Å². The molecule has 34 heavy (non-hydrogen) atoms. The predicted molar refractivity (Wildman–Crippen MR) is 157 cm³/mol. The van der Waals surface area contributed by atoms with E-state index in [0.29, 0.717) is 15.8 Å². The maximum absolute atomic E-state index is 3.77. The summed E-state index contributed by atoms with van der Waals surface area (Å²) in [4.78, 5) is 0. The van der Waals surface area contributed by atoms with Gasteiger partial charge in [0.2, 0.25) is 0 Å². The van der Waals surface area contributed by atoms with Crippen LogP contribution in [-0.4, -0.2) is 35.0 Å². The normalized spacial score (nSPS) is 24.5. The van der Waals surface area contributed by atoms with Gasteiger partial charge < -0.3 is 6.92 Å². The van der Waals surface area contributed by atoms with Gasteiger partial charge in [0.1, 0.15) is 0 Å². The van der Waals surface area contributed by atoms with Gasteiger partial charge in [0.05, 0.1) is 0 Å². The van der Waals surface area contributed by atoms with Crippen LogP contribution in [0.5, 0.6) is 0 Å². The molecule has 0 bridgehead atoms. The molecule has 4 rings (SSSR count). The summed E-state index contributed by atoms with van der Waals surface area (Å²) in [6, 6.07) is 0. The summed E-state index contributed by atoms with van der Waals surface area (Å²) >= 11 is 0. The van der Waals surface area contributed by atoms with Crippen LogP contribution in [-0.2, 0) is 21.1 Å². The zero-order chi connectivity index (χ0) is 23.5. The Labute approximate surface area is 232 Å². The molecular weight excluding hydrogens is 629 g/mol. The molecule has 204 valence electrons. The second-order valence-electron chi connectivity index (χ2n) is 13.2. The summed E-state index contributed by atoms with van der Waals surface area (Å²) < 4.78 is 0. The van der Waals surface area contributed by atoms with Crippen molar-refractivity contribution in [1.82, 2.24) is 0 Å². The molecule has 3 heteroatoms. The Balaban J connectivity index is 0.000000619. The van der Waals surface area contributed by atoms with Crippen LogP contribution in [0.25, 0.3) is 0 Å². The molecule has 0 aliphatic heterocycles. The van der Waals surface area contributed by atoms with Crippen LogP contribution in [0.4, 0.5) is 0 Å². The molecule has 0 N–H and O–H groups in total. The van der Waals surface area contributed by atoms with Gasteiger partial charge in [-0.15, -0.1) is 0 Å². The molecule has 0 nitrogen and oxygen atoms in total. The Morgan fingerprint density at radius 2 is 0.647 bits per heavy atom. The third-order valence-electron chi connectivity index (χ3n) is 8.79. The van der Waals surface area contributed by atoms with Crippen molar-refractivity contribution in [2.75, 3.05) is 12.3 Å². The van der Waals surface area contributed by atoms with Crippen molar-refractivity contribution in [1.29, 1.82) is 0 Å². The summed E-state index contributed by atoms with van der Waals surface area (Å²) in [7, 11) is 0.689. The minimum atomic E-state index is 0. The first-order valence-electron chi connectivity index (χ1n) is 15.3. The van der Waals surface area contributed by atoms with Crippen molar-refractivity contribution in [2.24, 2.45) is 5.41 Å². The molecule has 0 amide bonds. The molecule has 4 saturated carbocycles. The average molecular weight is 690 g/mol. The molecule has 4 fully saturated rings. The van der Waals surface area contributed by atoms with Gasteiger partial charge in [-0.05, 0) is 86.3 Å². The van der Waals surface area contributed by atoms with Gasteiger partial charge in [-0.25, -0.2) is 0 Å². The first-order chi connectivity index (χ1) is 15.9. The van der Waals surface area contributed by atoms with Crippen molar-refractivity contribution in [3.63, 3.8) is 0 Å². The zero-order valence-electron chi connectivity index (χ0n) is 23.3. The van der Waals surface area contributed by atoms with Crippen molar-refractivity contribution in [3.05, 3.63) is 6.92 Å². The van der Waals surface area contributed by atoms with Gasteiger partial charge in [0.15, 0.2) is 0 Å². The van der Waals surface area contributed by atoms with Crippen molar-refractivity contribution in [2.45, 2.75) is 172 Å². The number of rotatable bonds is 7. The molecule has 0 heterocycles. The van der Waals surface area contributed by atoms with Crippen molar-refractivity contribution >= 4 is 15.8 Å². The van der Waals surface area contributed by atoms with Crippen molar-refractivity contribution in [3.8, 4) is 0 Å². The Kier molecular flexibility index (Phi) is 16.1. The van der Waals surface area contributed by atoms with E-state index in [2.05, 4.69) is 27.7 Å². The third-order valence-corrected chi connectivity index (χ3v) is 16.4. The fraction of sp³-hybridized carbons (Fsp3) is 0.968. The van der Waals surface area contributed by atoms with Crippen LogP contribution in [0.15, 0.2) is 0 Å². The van der Waals surface area contributed by atoms with Crippen LogP contribution in [0.1, 0.15) is 149 Å². The third kappa shape index (κ3) is 11.9. The summed E-state index contributed by atoms with van der Waals surface area (Å²) in [5.41, 5.74) is 4.98. The predicted octanol–water partition coefficient (Wildman–Crippen LogP) is 10.9. The van der Waals surface area contributed by atoms with Crippen LogP contribution >= 0.6 is 15.8 Å². The van der Waals surface area contributed by atoms with Crippen LogP contribution in [0.3, 0.4) is 0 Å². The Morgan fingerprint density at radius 3 is 0.824 bits per heavy atom. The van der Waals surface area contributed by atoms with Crippen LogP contribution in [0.2, 0.25) is 0 Å². The molecule has 0 saturated heterocycles. The van der Waals surface area contributed by atoms with E-state index in [1.165, 1.54) is 22.6 Å². The first kappa shape index (κ1) is 31.8. The molecule has 4 aliphatic rings. The standard InChI is InChI=1S/C26H48P2.C5H11.Pt.H/c1-5-13-23(14-6-1)27(24-15-7-2-8-16-24)21-22-28(25-17-9-3-10-18-25)26-19-11-4-12-20-26;1-5(2,3)4;;/h23-26H,1-22H2;1H2,2-4H3;;/q;-1;+1;. The number of hydrogen-bond donors (Lipinski definition) is 0. The van der Waals surface area contributed by atoms with Gasteiger partial charge in [0.25, 0.3) is 0 Å². The van der Waals surface area contributed by atoms with Crippen molar-refractivity contribution < 1.29 is 21.1 Å². The van der Waals surface area contributed by atoms with E-state index in [-0.39, 0.29) is 26.5 Å². The molecule has 4 aliphatic carbocycles. The summed E-state index contributed by atoms with van der Waals surface area (Å²) in [5.74, 6) is 0. The zero-order valence-corrected chi connectivity index (χ0v) is 27.5. The Bertz CT molecular complexity index is 410. The molecule has 1 radical (unpaired) electrons. The molecule has 0 spiro atoms. The topological polar surface area (TPSA) is 0 Å². The second-order valence-corrected chi connectivity index (χ2v) is 19.1. The summed E-state index contributed by atoms with van der Waals surface area (Å²) in [6.07, 6.45) is 35.1. The van der Waals surface area contributed by atoms with E-state index in [1.54, 1.807) is 141 Å². The molecular formula is C31H60P2Pt. The van der Waals surface area contributed by atoms with Gasteiger partial charge in [0, 0.05) is 0 Å². The molecule has 0 atom stereocenters. The summed E-state index contributed by atoms with van der Waals surface area (Å²) in [5, 5.41) is 0. The SMILES string of the molecule is C1CCC(P(CCP(C2CCCCC2)C2CCCCC2)C2CCCCC2)CC1.[CH2-]C(C)(C)C.[PtH+]. The van der Waals surface area contributed by atoms with Gasteiger partial charge in [-0.1, -0.05) is 114 Å². The number of hydrogen-bond acceptors (Lipinski definition) is 0. The van der Waals surface area contributed by atoms with E-state index < -0.39 is 0 Å². The van der Waals surface area contributed by atoms with Crippen LogP contribution < -0.4 is 0 Å². The molecule has 0 aromatic heterocycles. The maximum atomic E-state index is 3.77. The van der Waals surface area contributed by atoms with E-state index in [0.717, 1.165) is 0 Å². The van der Waals surface area contributed by atoms with Gasteiger partial charge in [-0.3, -0.25) is 0 Å². The van der Waals surface area contributed by atoms with Gasteiger partial charge in [-0.2, -0.15) is 5.41 Å². The molecule has 0 aromatic carbocycles. The fourth-order valence-corrected chi connectivity index (χ4v) is 15.8. The van der Waals surface area contributed by atoms with E-state index in [1.807, 2.05) is 0 Å². The summed E-state index contributed by atoms with van der Waals surface area (Å²) in [6.45, 7) is 10.0. The second kappa shape index (κ2) is 17.2. The molecule has 0 aromatic rings. The minimum absolute atomic E-state index is 0. The van der Waals surface area contributed by atoms with E-state index in [9.17, 15) is 0 Å². The monoisotopic (exact) mass is 689 g/mol. The molecule has 0 unspecified atom stereocenters. The Hall–Kier alpha value is 1.55. The quantitative estimate of drug-likeness (QED) is 0.184. The van der Waals surface area contributed by atoms with Crippen LogP contribution in [0, 0.1) is 12.3 Å². The fourth-order valence-electron chi connectivity index (χ4n) is 7.21.